The lowest BCUT2D eigenvalue weighted by atomic mass is 9.98. The monoisotopic (exact) mass is 430 g/mol. The molecule has 1 atom stereocenters. The highest BCUT2D eigenvalue weighted by molar-refractivity contribution is 5.07. The Balaban J connectivity index is 3.87. The Kier molecular flexibility index (Phi) is 18.9. The largest absolute Gasteiger partial charge is 0.377 e. The molecule has 0 rings (SSSR count). The number of hydrogen-bond acceptors (Lipinski definition) is 1. The summed E-state index contributed by atoms with van der Waals surface area (Å²) in [7, 11) is 0. The molecule has 0 saturated heterocycles. The molecule has 0 heterocycles. The van der Waals surface area contributed by atoms with Gasteiger partial charge in [0.1, 0.15) is 0 Å². The Morgan fingerprint density at radius 1 is 0.645 bits per heavy atom. The third-order valence-electron chi connectivity index (χ3n) is 5.94. The molecule has 0 aliphatic heterocycles. The molecule has 1 nitrogen and oxygen atoms in total. The molecule has 180 valence electrons. The minimum atomic E-state index is 0.768. The van der Waals surface area contributed by atoms with Crippen molar-refractivity contribution in [3.8, 4) is 0 Å². The van der Waals surface area contributed by atoms with Gasteiger partial charge in [-0.2, -0.15) is 0 Å². The highest BCUT2D eigenvalue weighted by Crippen LogP contribution is 2.16. The van der Waals surface area contributed by atoms with Crippen molar-refractivity contribution in [2.24, 2.45) is 11.8 Å². The number of rotatable bonds is 18. The molecule has 0 unspecified atom stereocenters. The van der Waals surface area contributed by atoms with E-state index in [1.165, 1.54) is 73.7 Å². The second kappa shape index (κ2) is 19.6. The van der Waals surface area contributed by atoms with Crippen molar-refractivity contribution in [2.75, 3.05) is 13.2 Å². The zero-order valence-corrected chi connectivity index (χ0v) is 22.4. The second-order valence-electron chi connectivity index (χ2n) is 10.3. The molecule has 31 heavy (non-hydrogen) atoms. The van der Waals surface area contributed by atoms with Gasteiger partial charge in [0, 0.05) is 6.61 Å². The topological polar surface area (TPSA) is 9.23 Å². The van der Waals surface area contributed by atoms with Crippen LogP contribution in [0.4, 0.5) is 0 Å². The molecule has 0 bridgehead atoms. The molecule has 0 fully saturated rings. The van der Waals surface area contributed by atoms with Gasteiger partial charge >= 0.3 is 0 Å². The predicted molar refractivity (Wildman–Crippen MR) is 142 cm³/mol. The summed E-state index contributed by atoms with van der Waals surface area (Å²) in [5.41, 5.74) is 5.91. The van der Waals surface area contributed by atoms with Gasteiger partial charge in [0.05, 0.1) is 6.61 Å². The van der Waals surface area contributed by atoms with E-state index in [0.717, 1.165) is 37.9 Å². The van der Waals surface area contributed by atoms with Gasteiger partial charge in [-0.05, 0) is 91.4 Å². The Hall–Kier alpha value is -1.08. The van der Waals surface area contributed by atoms with Crippen molar-refractivity contribution in [2.45, 2.75) is 120 Å². The molecule has 0 radical (unpaired) electrons. The molecule has 0 amide bonds. The number of ether oxygens (including phenoxy) is 1. The Labute approximate surface area is 196 Å². The van der Waals surface area contributed by atoms with Crippen LogP contribution in [-0.2, 0) is 4.74 Å². The quantitative estimate of drug-likeness (QED) is 0.155. The minimum absolute atomic E-state index is 0.768. The SMILES string of the molecule is CC(C)=CCC/C(C)=C/CC/C(C)=C/CC/C(C)=C/COCC[C@@H](C)CCCC(C)C. The van der Waals surface area contributed by atoms with Crippen molar-refractivity contribution < 1.29 is 4.74 Å². The maximum absolute atomic E-state index is 5.84. The van der Waals surface area contributed by atoms with Gasteiger partial charge in [0.15, 0.2) is 0 Å². The van der Waals surface area contributed by atoms with Gasteiger partial charge in [-0.25, -0.2) is 0 Å². The maximum atomic E-state index is 5.84. The van der Waals surface area contributed by atoms with Crippen LogP contribution in [0.5, 0.6) is 0 Å². The van der Waals surface area contributed by atoms with Gasteiger partial charge in [0.25, 0.3) is 0 Å². The molecular formula is C30H54O. The molecule has 1 heteroatoms. The predicted octanol–water partition coefficient (Wildman–Crippen LogP) is 10.0. The summed E-state index contributed by atoms with van der Waals surface area (Å²) in [6.07, 6.45) is 21.7. The van der Waals surface area contributed by atoms with Crippen LogP contribution in [0.15, 0.2) is 46.6 Å². The first-order valence-corrected chi connectivity index (χ1v) is 12.9. The zero-order chi connectivity index (χ0) is 23.5. The third-order valence-corrected chi connectivity index (χ3v) is 5.94. The van der Waals surface area contributed by atoms with Crippen LogP contribution < -0.4 is 0 Å². The molecule has 0 aromatic carbocycles. The maximum Gasteiger partial charge on any atom is 0.0649 e. The fraction of sp³-hybridized carbons (Fsp3) is 0.733. The van der Waals surface area contributed by atoms with E-state index in [9.17, 15) is 0 Å². The Morgan fingerprint density at radius 3 is 1.68 bits per heavy atom. The van der Waals surface area contributed by atoms with Crippen LogP contribution in [0.1, 0.15) is 120 Å². The second-order valence-corrected chi connectivity index (χ2v) is 10.3. The van der Waals surface area contributed by atoms with E-state index < -0.39 is 0 Å². The van der Waals surface area contributed by atoms with Crippen molar-refractivity contribution in [1.82, 2.24) is 0 Å². The van der Waals surface area contributed by atoms with Crippen LogP contribution >= 0.6 is 0 Å². The Bertz CT molecular complexity index is 555. The standard InChI is InChI=1S/C30H54O/c1-25(2)13-9-15-27(5)17-11-18-28(6)19-12-20-30(8)22-24-31-23-21-29(7)16-10-14-26(3)4/h13,17,19,22,26,29H,9-12,14-16,18,20-21,23-24H2,1-8H3/b27-17+,28-19+,30-22+/t29-/m0/s1. The normalized spacial score (nSPS) is 14.3. The fourth-order valence-corrected chi connectivity index (χ4v) is 3.58. The molecule has 0 aromatic rings. The van der Waals surface area contributed by atoms with Gasteiger partial charge < -0.3 is 4.74 Å². The van der Waals surface area contributed by atoms with E-state index in [1.807, 2.05) is 0 Å². The van der Waals surface area contributed by atoms with E-state index in [1.54, 1.807) is 0 Å². The average molecular weight is 431 g/mol. The first-order valence-electron chi connectivity index (χ1n) is 12.9. The molecule has 0 saturated carbocycles. The van der Waals surface area contributed by atoms with E-state index in [-0.39, 0.29) is 0 Å². The minimum Gasteiger partial charge on any atom is -0.377 e. The first kappa shape index (κ1) is 29.9. The van der Waals surface area contributed by atoms with Crippen molar-refractivity contribution in [3.63, 3.8) is 0 Å². The highest BCUT2D eigenvalue weighted by Gasteiger charge is 2.03. The summed E-state index contributed by atoms with van der Waals surface area (Å²) in [5.74, 6) is 1.62. The summed E-state index contributed by atoms with van der Waals surface area (Å²) in [6, 6.07) is 0. The smallest absolute Gasteiger partial charge is 0.0649 e. The molecule has 0 aliphatic rings. The first-order chi connectivity index (χ1) is 14.7. The molecular weight excluding hydrogens is 376 g/mol. The molecule has 0 aromatic heterocycles. The number of hydrogen-bond donors (Lipinski definition) is 0. The van der Waals surface area contributed by atoms with Gasteiger partial charge in [-0.1, -0.05) is 86.6 Å². The van der Waals surface area contributed by atoms with Crippen molar-refractivity contribution in [3.05, 3.63) is 46.6 Å². The van der Waals surface area contributed by atoms with E-state index in [0.29, 0.717) is 0 Å². The van der Waals surface area contributed by atoms with E-state index in [4.69, 9.17) is 4.74 Å². The number of allylic oxidation sites excluding steroid dienone is 7. The summed E-state index contributed by atoms with van der Waals surface area (Å²) < 4.78 is 5.84. The van der Waals surface area contributed by atoms with Crippen molar-refractivity contribution >= 4 is 0 Å². The third kappa shape index (κ3) is 21.9. The van der Waals surface area contributed by atoms with Gasteiger partial charge in [0.2, 0.25) is 0 Å². The lowest BCUT2D eigenvalue weighted by molar-refractivity contribution is 0.145. The molecule has 0 spiro atoms. The van der Waals surface area contributed by atoms with E-state index in [2.05, 4.69) is 79.7 Å². The zero-order valence-electron chi connectivity index (χ0n) is 22.4. The molecule has 0 aliphatic carbocycles. The van der Waals surface area contributed by atoms with Crippen LogP contribution in [0.25, 0.3) is 0 Å². The average Bonchev–Trinajstić information content (AvgIpc) is 2.67. The van der Waals surface area contributed by atoms with Crippen LogP contribution in [0.3, 0.4) is 0 Å². The summed E-state index contributed by atoms with van der Waals surface area (Å²) >= 11 is 0. The summed E-state index contributed by atoms with van der Waals surface area (Å²) in [5, 5.41) is 0. The van der Waals surface area contributed by atoms with Crippen LogP contribution in [-0.4, -0.2) is 13.2 Å². The molecule has 0 N–H and O–H groups in total. The van der Waals surface area contributed by atoms with E-state index >= 15 is 0 Å². The highest BCUT2D eigenvalue weighted by atomic mass is 16.5. The van der Waals surface area contributed by atoms with Crippen LogP contribution in [0, 0.1) is 11.8 Å². The van der Waals surface area contributed by atoms with Crippen LogP contribution in [0.2, 0.25) is 0 Å². The van der Waals surface area contributed by atoms with Gasteiger partial charge in [-0.15, -0.1) is 0 Å². The van der Waals surface area contributed by atoms with Crippen molar-refractivity contribution in [1.29, 1.82) is 0 Å². The summed E-state index contributed by atoms with van der Waals surface area (Å²) in [4.78, 5) is 0. The lowest BCUT2D eigenvalue weighted by Crippen LogP contribution is -2.03. The Morgan fingerprint density at radius 2 is 1.16 bits per heavy atom. The summed E-state index contributed by atoms with van der Waals surface area (Å²) in [6.45, 7) is 19.8. The lowest BCUT2D eigenvalue weighted by Gasteiger charge is -2.12. The fourth-order valence-electron chi connectivity index (χ4n) is 3.58. The van der Waals surface area contributed by atoms with Gasteiger partial charge in [-0.3, -0.25) is 0 Å².